The number of carboxylic acids is 1. The zero-order valence-electron chi connectivity index (χ0n) is 19.4. The SMILES string of the molecule is O=C(O)CC(NC(=O)c1cc(-c2ccccc2C(F)(F)F)ccc1O)c1ccc(-c2ccccc2)cc1. The largest absolute Gasteiger partial charge is 0.507 e. The summed E-state index contributed by atoms with van der Waals surface area (Å²) >= 11 is 0. The summed E-state index contributed by atoms with van der Waals surface area (Å²) in [6.45, 7) is 0. The van der Waals surface area contributed by atoms with E-state index in [1.54, 1.807) is 24.3 Å². The minimum Gasteiger partial charge on any atom is -0.507 e. The molecule has 1 unspecified atom stereocenters. The minimum atomic E-state index is -4.62. The smallest absolute Gasteiger partial charge is 0.417 e. The van der Waals surface area contributed by atoms with E-state index >= 15 is 0 Å². The normalized spacial score (nSPS) is 12.1. The number of halogens is 3. The third-order valence-electron chi connectivity index (χ3n) is 5.89. The van der Waals surface area contributed by atoms with Gasteiger partial charge < -0.3 is 15.5 Å². The fourth-order valence-corrected chi connectivity index (χ4v) is 4.07. The average Bonchev–Trinajstić information content (AvgIpc) is 2.88. The van der Waals surface area contributed by atoms with Crippen molar-refractivity contribution in [1.82, 2.24) is 5.32 Å². The van der Waals surface area contributed by atoms with Crippen molar-refractivity contribution >= 4 is 11.9 Å². The summed E-state index contributed by atoms with van der Waals surface area (Å²) in [6, 6.07) is 24.1. The van der Waals surface area contributed by atoms with E-state index in [4.69, 9.17) is 0 Å². The van der Waals surface area contributed by atoms with Gasteiger partial charge >= 0.3 is 12.1 Å². The van der Waals surface area contributed by atoms with Gasteiger partial charge in [-0.1, -0.05) is 78.9 Å². The van der Waals surface area contributed by atoms with Crippen LogP contribution in [-0.4, -0.2) is 22.1 Å². The number of carbonyl (C=O) groups is 2. The number of phenols is 1. The second-order valence-corrected chi connectivity index (χ2v) is 8.39. The molecule has 1 amide bonds. The first kappa shape index (κ1) is 25.5. The van der Waals surface area contributed by atoms with Gasteiger partial charge in [0.1, 0.15) is 5.75 Å². The van der Waals surface area contributed by atoms with Gasteiger partial charge in [-0.05, 0) is 46.0 Å². The van der Waals surface area contributed by atoms with Gasteiger partial charge in [-0.25, -0.2) is 0 Å². The first-order valence-electron chi connectivity index (χ1n) is 11.3. The number of hydrogen-bond donors (Lipinski definition) is 3. The molecule has 0 saturated heterocycles. The molecule has 37 heavy (non-hydrogen) atoms. The van der Waals surface area contributed by atoms with Crippen molar-refractivity contribution in [3.05, 3.63) is 114 Å². The number of benzene rings is 4. The minimum absolute atomic E-state index is 0.0814. The Morgan fingerprint density at radius 1 is 0.784 bits per heavy atom. The van der Waals surface area contributed by atoms with E-state index in [-0.39, 0.29) is 16.7 Å². The van der Waals surface area contributed by atoms with Gasteiger partial charge in [0.05, 0.1) is 23.6 Å². The number of nitrogens with one attached hydrogen (secondary N) is 1. The Balaban J connectivity index is 1.63. The van der Waals surface area contributed by atoms with Crippen molar-refractivity contribution in [1.29, 1.82) is 0 Å². The topological polar surface area (TPSA) is 86.6 Å². The van der Waals surface area contributed by atoms with Crippen LogP contribution in [-0.2, 0) is 11.0 Å². The summed E-state index contributed by atoms with van der Waals surface area (Å²) in [4.78, 5) is 24.6. The van der Waals surface area contributed by atoms with E-state index < -0.39 is 41.8 Å². The Kier molecular flexibility index (Phi) is 7.29. The summed E-state index contributed by atoms with van der Waals surface area (Å²) in [5, 5.41) is 22.3. The highest BCUT2D eigenvalue weighted by Crippen LogP contribution is 2.38. The van der Waals surface area contributed by atoms with Gasteiger partial charge in [0, 0.05) is 0 Å². The third kappa shape index (κ3) is 5.98. The Morgan fingerprint density at radius 3 is 2.03 bits per heavy atom. The molecule has 0 aromatic heterocycles. The van der Waals surface area contributed by atoms with Crippen LogP contribution >= 0.6 is 0 Å². The molecular formula is C29H22F3NO4. The van der Waals surface area contributed by atoms with Gasteiger partial charge in [-0.3, -0.25) is 9.59 Å². The number of aliphatic carboxylic acids is 1. The van der Waals surface area contributed by atoms with Crippen LogP contribution in [0.3, 0.4) is 0 Å². The number of aromatic hydroxyl groups is 1. The molecule has 0 spiro atoms. The zero-order chi connectivity index (χ0) is 26.6. The van der Waals surface area contributed by atoms with Gasteiger partial charge in [0.2, 0.25) is 0 Å². The lowest BCUT2D eigenvalue weighted by atomic mass is 9.96. The Labute approximate surface area is 210 Å². The van der Waals surface area contributed by atoms with Crippen LogP contribution in [0.1, 0.15) is 33.9 Å². The molecule has 0 aliphatic rings. The fraction of sp³-hybridized carbons (Fsp3) is 0.103. The molecule has 4 aromatic rings. The van der Waals surface area contributed by atoms with Gasteiger partial charge in [-0.15, -0.1) is 0 Å². The monoisotopic (exact) mass is 505 g/mol. The highest BCUT2D eigenvalue weighted by Gasteiger charge is 2.33. The van der Waals surface area contributed by atoms with Crippen LogP contribution in [0.5, 0.6) is 5.75 Å². The molecule has 5 nitrogen and oxygen atoms in total. The highest BCUT2D eigenvalue weighted by atomic mass is 19.4. The second kappa shape index (κ2) is 10.6. The molecule has 0 saturated carbocycles. The van der Waals surface area contributed by atoms with Crippen molar-refractivity contribution in [2.45, 2.75) is 18.6 Å². The summed E-state index contributed by atoms with van der Waals surface area (Å²) in [6.07, 6.45) is -5.05. The van der Waals surface area contributed by atoms with E-state index in [2.05, 4.69) is 5.32 Å². The van der Waals surface area contributed by atoms with Crippen molar-refractivity contribution in [3.8, 4) is 28.0 Å². The lowest BCUT2D eigenvalue weighted by molar-refractivity contribution is -0.138. The summed E-state index contributed by atoms with van der Waals surface area (Å²) in [7, 11) is 0. The third-order valence-corrected chi connectivity index (χ3v) is 5.89. The van der Waals surface area contributed by atoms with Gasteiger partial charge in [0.25, 0.3) is 5.91 Å². The van der Waals surface area contributed by atoms with Crippen molar-refractivity contribution in [2.75, 3.05) is 0 Å². The first-order chi connectivity index (χ1) is 17.6. The molecule has 8 heteroatoms. The van der Waals surface area contributed by atoms with Crippen LogP contribution in [0.4, 0.5) is 13.2 Å². The van der Waals surface area contributed by atoms with E-state index in [1.807, 2.05) is 30.3 Å². The number of alkyl halides is 3. The molecule has 4 aromatic carbocycles. The number of rotatable bonds is 7. The summed E-state index contributed by atoms with van der Waals surface area (Å²) in [5.41, 5.74) is 1.17. The fourth-order valence-electron chi connectivity index (χ4n) is 4.07. The van der Waals surface area contributed by atoms with Gasteiger partial charge in [0.15, 0.2) is 0 Å². The van der Waals surface area contributed by atoms with Crippen LogP contribution in [0.2, 0.25) is 0 Å². The number of carboxylic acid groups (broad SMARTS) is 1. The molecular weight excluding hydrogens is 483 g/mol. The van der Waals surface area contributed by atoms with Crippen molar-refractivity contribution in [3.63, 3.8) is 0 Å². The lowest BCUT2D eigenvalue weighted by Crippen LogP contribution is -2.30. The number of amides is 1. The Morgan fingerprint density at radius 2 is 1.38 bits per heavy atom. The molecule has 0 aliphatic carbocycles. The molecule has 0 fully saturated rings. The summed E-state index contributed by atoms with van der Waals surface area (Å²) in [5.74, 6) is -2.42. The van der Waals surface area contributed by atoms with Crippen LogP contribution < -0.4 is 5.32 Å². The first-order valence-corrected chi connectivity index (χ1v) is 11.3. The zero-order valence-corrected chi connectivity index (χ0v) is 19.4. The maximum Gasteiger partial charge on any atom is 0.417 e. The molecule has 0 bridgehead atoms. The van der Waals surface area contributed by atoms with E-state index in [0.29, 0.717) is 5.56 Å². The number of hydrogen-bond acceptors (Lipinski definition) is 3. The number of carbonyl (C=O) groups excluding carboxylic acids is 1. The van der Waals surface area contributed by atoms with Crippen LogP contribution in [0.25, 0.3) is 22.3 Å². The van der Waals surface area contributed by atoms with E-state index in [1.165, 1.54) is 24.3 Å². The highest BCUT2D eigenvalue weighted by molar-refractivity contribution is 5.98. The maximum absolute atomic E-state index is 13.5. The van der Waals surface area contributed by atoms with E-state index in [9.17, 15) is 33.0 Å². The maximum atomic E-state index is 13.5. The van der Waals surface area contributed by atoms with Crippen molar-refractivity contribution in [2.24, 2.45) is 0 Å². The Bertz CT molecular complexity index is 1420. The molecule has 0 radical (unpaired) electrons. The Hall–Kier alpha value is -4.59. The molecule has 0 aliphatic heterocycles. The quantitative estimate of drug-likeness (QED) is 0.261. The predicted molar refractivity (Wildman–Crippen MR) is 133 cm³/mol. The van der Waals surface area contributed by atoms with Crippen LogP contribution in [0.15, 0.2) is 97.1 Å². The van der Waals surface area contributed by atoms with E-state index in [0.717, 1.165) is 29.3 Å². The molecule has 188 valence electrons. The standard InChI is InChI=1S/C29H22F3NO4/c30-29(31,32)24-9-5-4-8-22(24)21-14-15-26(34)23(16-21)28(37)33-25(17-27(35)36)20-12-10-19(11-13-20)18-6-2-1-3-7-18/h1-16,25,34H,17H2,(H,33,37)(H,35,36). The average molecular weight is 505 g/mol. The predicted octanol–water partition coefficient (Wildman–Crippen LogP) is 6.69. The van der Waals surface area contributed by atoms with Crippen LogP contribution in [0, 0.1) is 0 Å². The lowest BCUT2D eigenvalue weighted by Gasteiger charge is -2.19. The summed E-state index contributed by atoms with van der Waals surface area (Å²) < 4.78 is 40.5. The van der Waals surface area contributed by atoms with Crippen molar-refractivity contribution < 1.29 is 33.0 Å². The molecule has 0 heterocycles. The number of phenolic OH excluding ortho intramolecular Hbond substituents is 1. The molecule has 3 N–H and O–H groups in total. The van der Waals surface area contributed by atoms with Gasteiger partial charge in [-0.2, -0.15) is 13.2 Å². The molecule has 4 rings (SSSR count). The second-order valence-electron chi connectivity index (χ2n) is 8.39. The molecule has 1 atom stereocenters.